The molecule has 2 fully saturated rings. The smallest absolute Gasteiger partial charge is 0.477 e. The van der Waals surface area contributed by atoms with E-state index in [0.717, 1.165) is 69.8 Å². The molecule has 4 rings (SSSR count). The molecule has 192 valence electrons. The molecule has 2 aromatic carbocycles. The van der Waals surface area contributed by atoms with E-state index in [-0.39, 0.29) is 5.75 Å². The highest BCUT2D eigenvalue weighted by Crippen LogP contribution is 2.24. The van der Waals surface area contributed by atoms with Crippen LogP contribution in [0.3, 0.4) is 0 Å². The zero-order valence-corrected chi connectivity index (χ0v) is 20.6. The SMILES string of the molecule is CN1CCN(c2ccc(OC(=O)/C=C(/OB(F)F)Oc3ccc(N4CCN(C)CC4)cc3)cc2)CC1. The molecule has 0 unspecified atom stereocenters. The predicted octanol–water partition coefficient (Wildman–Crippen LogP) is 2.96. The van der Waals surface area contributed by atoms with E-state index >= 15 is 0 Å². The molecule has 0 radical (unpaired) electrons. The van der Waals surface area contributed by atoms with Gasteiger partial charge < -0.3 is 33.7 Å². The Kier molecular flexibility index (Phi) is 8.66. The first kappa shape index (κ1) is 25.8. The van der Waals surface area contributed by atoms with E-state index < -0.39 is 19.4 Å². The highest BCUT2D eigenvalue weighted by Gasteiger charge is 2.22. The van der Waals surface area contributed by atoms with E-state index in [1.807, 2.05) is 24.3 Å². The number of carbonyl (C=O) groups is 1. The lowest BCUT2D eigenvalue weighted by molar-refractivity contribution is -0.129. The number of piperazine rings is 2. The Bertz CT molecular complexity index is 1020. The molecule has 2 saturated heterocycles. The number of hydrogen-bond donors (Lipinski definition) is 0. The number of ether oxygens (including phenoxy) is 2. The fraction of sp³-hybridized carbons (Fsp3) is 0.400. The number of rotatable bonds is 8. The number of nitrogens with zero attached hydrogens (tertiary/aromatic N) is 4. The summed E-state index contributed by atoms with van der Waals surface area (Å²) in [6.07, 6.45) is 0.773. The van der Waals surface area contributed by atoms with Crippen molar-refractivity contribution >= 4 is 24.8 Å². The molecular weight excluding hydrogens is 469 g/mol. The van der Waals surface area contributed by atoms with Crippen molar-refractivity contribution in [1.82, 2.24) is 9.80 Å². The van der Waals surface area contributed by atoms with E-state index in [0.29, 0.717) is 5.75 Å². The summed E-state index contributed by atoms with van der Waals surface area (Å²) >= 11 is 0. The van der Waals surface area contributed by atoms with E-state index in [4.69, 9.17) is 9.47 Å². The van der Waals surface area contributed by atoms with Crippen LogP contribution >= 0.6 is 0 Å². The number of esters is 1. The van der Waals surface area contributed by atoms with Crippen LogP contribution in [0.15, 0.2) is 60.6 Å². The van der Waals surface area contributed by atoms with Gasteiger partial charge in [-0.25, -0.2) is 13.4 Å². The van der Waals surface area contributed by atoms with Crippen LogP contribution in [-0.4, -0.2) is 89.7 Å². The van der Waals surface area contributed by atoms with Crippen LogP contribution in [-0.2, 0) is 9.45 Å². The third-order valence-electron chi connectivity index (χ3n) is 6.29. The Labute approximate surface area is 210 Å². The van der Waals surface area contributed by atoms with Gasteiger partial charge in [0.15, 0.2) is 0 Å². The maximum Gasteiger partial charge on any atom is 0.798 e. The molecule has 8 nitrogen and oxygen atoms in total. The van der Waals surface area contributed by atoms with Crippen LogP contribution in [0.2, 0.25) is 0 Å². The van der Waals surface area contributed by atoms with Crippen LogP contribution in [0.25, 0.3) is 0 Å². The molecule has 2 heterocycles. The average Bonchev–Trinajstić information content (AvgIpc) is 2.86. The van der Waals surface area contributed by atoms with Gasteiger partial charge in [0.25, 0.3) is 5.95 Å². The maximum atomic E-state index is 12.9. The highest BCUT2D eigenvalue weighted by molar-refractivity contribution is 6.34. The zero-order valence-electron chi connectivity index (χ0n) is 20.6. The van der Waals surface area contributed by atoms with Crippen LogP contribution < -0.4 is 19.3 Å². The molecule has 0 aliphatic carbocycles. The molecule has 2 aliphatic rings. The largest absolute Gasteiger partial charge is 0.798 e. The molecule has 0 aromatic heterocycles. The first-order valence-electron chi connectivity index (χ1n) is 12.0. The number of halogens is 2. The summed E-state index contributed by atoms with van der Waals surface area (Å²) < 4.78 is 41.0. The number of benzene rings is 2. The maximum absolute atomic E-state index is 12.9. The minimum Gasteiger partial charge on any atom is -0.477 e. The standard InChI is InChI=1S/C25H31BF2N4O4/c1-29-11-15-31(16-12-29)20-3-7-22(8-4-20)34-24(33)19-25(36-26(27)28)35-23-9-5-21(6-10-23)32-17-13-30(2)14-18-32/h3-10,19H,11-18H2,1-2H3/b25-19+. The van der Waals surface area contributed by atoms with Gasteiger partial charge in [0, 0.05) is 63.7 Å². The monoisotopic (exact) mass is 500 g/mol. The highest BCUT2D eigenvalue weighted by atomic mass is 19.2. The third kappa shape index (κ3) is 7.35. The van der Waals surface area contributed by atoms with Crippen molar-refractivity contribution in [2.75, 3.05) is 76.3 Å². The summed E-state index contributed by atoms with van der Waals surface area (Å²) in [6, 6.07) is 14.1. The van der Waals surface area contributed by atoms with Gasteiger partial charge in [-0.1, -0.05) is 0 Å². The molecule has 11 heteroatoms. The molecular formula is C25H31BF2N4O4. The molecule has 0 amide bonds. The van der Waals surface area contributed by atoms with E-state index in [9.17, 15) is 13.4 Å². The topological polar surface area (TPSA) is 57.7 Å². The van der Waals surface area contributed by atoms with Crippen molar-refractivity contribution in [3.8, 4) is 11.5 Å². The lowest BCUT2D eigenvalue weighted by atomic mass is 10.2. The van der Waals surface area contributed by atoms with Crippen molar-refractivity contribution in [3.63, 3.8) is 0 Å². The predicted molar refractivity (Wildman–Crippen MR) is 136 cm³/mol. The van der Waals surface area contributed by atoms with Crippen LogP contribution in [0.4, 0.5) is 20.0 Å². The quantitative estimate of drug-likeness (QED) is 0.180. The molecule has 0 spiro atoms. The Balaban J connectivity index is 1.36. The Hall–Kier alpha value is -3.31. The van der Waals surface area contributed by atoms with E-state index in [1.165, 1.54) is 0 Å². The Morgan fingerprint density at radius 3 is 1.56 bits per heavy atom. The molecule has 2 aliphatic heterocycles. The van der Waals surface area contributed by atoms with Crippen LogP contribution in [0.5, 0.6) is 11.5 Å². The molecule has 2 aromatic rings. The lowest BCUT2D eigenvalue weighted by Gasteiger charge is -2.34. The molecule has 0 atom stereocenters. The van der Waals surface area contributed by atoms with Crippen molar-refractivity contribution in [2.45, 2.75) is 0 Å². The van der Waals surface area contributed by atoms with Gasteiger partial charge in [0.2, 0.25) is 0 Å². The van der Waals surface area contributed by atoms with Gasteiger partial charge in [0.05, 0.1) is 0 Å². The van der Waals surface area contributed by atoms with Crippen LogP contribution in [0.1, 0.15) is 0 Å². The van der Waals surface area contributed by atoms with Crippen molar-refractivity contribution < 1.29 is 27.6 Å². The van der Waals surface area contributed by atoms with Crippen LogP contribution in [0, 0.1) is 0 Å². The molecule has 0 bridgehead atoms. The second kappa shape index (κ2) is 12.1. The second-order valence-corrected chi connectivity index (χ2v) is 8.93. The van der Waals surface area contributed by atoms with Gasteiger partial charge in [-0.15, -0.1) is 0 Å². The summed E-state index contributed by atoms with van der Waals surface area (Å²) in [4.78, 5) is 21.4. The summed E-state index contributed by atoms with van der Waals surface area (Å²) in [7, 11) is 1.02. The molecule has 36 heavy (non-hydrogen) atoms. The summed E-state index contributed by atoms with van der Waals surface area (Å²) in [6.45, 7) is 7.53. The molecule has 0 saturated carbocycles. The van der Waals surface area contributed by atoms with Crippen molar-refractivity contribution in [1.29, 1.82) is 0 Å². The number of likely N-dealkylation sites (N-methyl/N-ethyl adjacent to an activating group) is 2. The third-order valence-corrected chi connectivity index (χ3v) is 6.29. The summed E-state index contributed by atoms with van der Waals surface area (Å²) in [5, 5.41) is 0. The fourth-order valence-corrected chi connectivity index (χ4v) is 4.11. The Morgan fingerprint density at radius 1 is 0.722 bits per heavy atom. The van der Waals surface area contributed by atoms with E-state index in [2.05, 4.69) is 38.3 Å². The second-order valence-electron chi connectivity index (χ2n) is 8.93. The van der Waals surface area contributed by atoms with Crippen molar-refractivity contribution in [3.05, 3.63) is 60.6 Å². The first-order chi connectivity index (χ1) is 17.4. The van der Waals surface area contributed by atoms with Gasteiger partial charge >= 0.3 is 13.4 Å². The number of hydrogen-bond acceptors (Lipinski definition) is 8. The van der Waals surface area contributed by atoms with Gasteiger partial charge in [-0.3, -0.25) is 0 Å². The van der Waals surface area contributed by atoms with Crippen molar-refractivity contribution in [2.24, 2.45) is 0 Å². The van der Waals surface area contributed by atoms with Gasteiger partial charge in [-0.2, -0.15) is 0 Å². The molecule has 0 N–H and O–H groups in total. The van der Waals surface area contributed by atoms with Gasteiger partial charge in [0.1, 0.15) is 17.6 Å². The van der Waals surface area contributed by atoms with Gasteiger partial charge in [-0.05, 0) is 62.6 Å². The number of carbonyl (C=O) groups excluding carboxylic acids is 1. The zero-order chi connectivity index (χ0) is 25.5. The first-order valence-corrected chi connectivity index (χ1v) is 12.0. The minimum absolute atomic E-state index is 0.268. The number of anilines is 2. The summed E-state index contributed by atoms with van der Waals surface area (Å²) in [5.41, 5.74) is 2.04. The average molecular weight is 500 g/mol. The normalized spacial score (nSPS) is 17.6. The minimum atomic E-state index is -3.16. The fourth-order valence-electron chi connectivity index (χ4n) is 4.11. The van der Waals surface area contributed by atoms with E-state index in [1.54, 1.807) is 24.3 Å². The Morgan fingerprint density at radius 2 is 1.14 bits per heavy atom. The summed E-state index contributed by atoms with van der Waals surface area (Å²) in [5.74, 6) is -0.963. The lowest BCUT2D eigenvalue weighted by Crippen LogP contribution is -2.44.